The zero-order valence-corrected chi connectivity index (χ0v) is 13.8. The fraction of sp³-hybridized carbons (Fsp3) is 0.438. The second-order valence-corrected chi connectivity index (χ2v) is 5.84. The molecule has 122 valence electrons. The Hall–Kier alpha value is -1.92. The lowest BCUT2D eigenvalue weighted by Crippen LogP contribution is -2.28. The number of ether oxygens (including phenoxy) is 1. The molecule has 0 bridgehead atoms. The van der Waals surface area contributed by atoms with Gasteiger partial charge in [0.2, 0.25) is 5.95 Å². The Balaban J connectivity index is 1.77. The number of pyridine rings is 1. The number of hydrogen-bond acceptors (Lipinski definition) is 6. The van der Waals surface area contributed by atoms with Crippen molar-refractivity contribution in [3.8, 4) is 0 Å². The summed E-state index contributed by atoms with van der Waals surface area (Å²) in [4.78, 5) is 12.9. The molecule has 2 N–H and O–H groups in total. The van der Waals surface area contributed by atoms with E-state index in [1.807, 2.05) is 12.3 Å². The van der Waals surface area contributed by atoms with Crippen molar-refractivity contribution in [1.82, 2.24) is 15.0 Å². The first-order chi connectivity index (χ1) is 11.3. The lowest BCUT2D eigenvalue weighted by Gasteiger charge is -2.23. The monoisotopic (exact) mass is 333 g/mol. The van der Waals surface area contributed by atoms with Crippen molar-refractivity contribution in [2.75, 3.05) is 23.8 Å². The summed E-state index contributed by atoms with van der Waals surface area (Å²) in [5, 5.41) is 7.12. The van der Waals surface area contributed by atoms with E-state index in [4.69, 9.17) is 16.3 Å². The largest absolute Gasteiger partial charge is 0.381 e. The van der Waals surface area contributed by atoms with Gasteiger partial charge in [-0.1, -0.05) is 18.5 Å². The van der Waals surface area contributed by atoms with Crippen LogP contribution in [0.1, 0.15) is 25.3 Å². The molecule has 2 aromatic rings. The Morgan fingerprint density at radius 1 is 1.30 bits per heavy atom. The van der Waals surface area contributed by atoms with Crippen LogP contribution in [0.5, 0.6) is 0 Å². The average molecular weight is 334 g/mol. The van der Waals surface area contributed by atoms with Crippen LogP contribution in [0.4, 0.5) is 17.5 Å². The number of hydrogen-bond donors (Lipinski definition) is 2. The molecule has 0 aromatic carbocycles. The third kappa shape index (κ3) is 4.09. The number of nitrogens with one attached hydrogen (secondary N) is 2. The zero-order chi connectivity index (χ0) is 16.1. The summed E-state index contributed by atoms with van der Waals surface area (Å²) in [6.45, 7) is 3.63. The molecule has 1 aliphatic rings. The molecule has 1 fully saturated rings. The van der Waals surface area contributed by atoms with E-state index in [1.54, 1.807) is 12.4 Å². The summed E-state index contributed by atoms with van der Waals surface area (Å²) in [6, 6.07) is 2.26. The van der Waals surface area contributed by atoms with Gasteiger partial charge in [-0.05, 0) is 30.9 Å². The highest BCUT2D eigenvalue weighted by Gasteiger charge is 2.15. The maximum Gasteiger partial charge on any atom is 0.224 e. The maximum atomic E-state index is 6.23. The third-order valence-corrected chi connectivity index (χ3v) is 4.11. The Bertz CT molecular complexity index is 661. The minimum Gasteiger partial charge on any atom is -0.381 e. The van der Waals surface area contributed by atoms with Gasteiger partial charge in [-0.15, -0.1) is 0 Å². The zero-order valence-electron chi connectivity index (χ0n) is 13.1. The number of nitrogens with zero attached hydrogens (tertiary/aromatic N) is 3. The predicted molar refractivity (Wildman–Crippen MR) is 91.4 cm³/mol. The smallest absolute Gasteiger partial charge is 0.224 e. The van der Waals surface area contributed by atoms with Crippen molar-refractivity contribution < 1.29 is 4.74 Å². The minimum absolute atomic E-state index is 0.338. The molecular weight excluding hydrogens is 314 g/mol. The lowest BCUT2D eigenvalue weighted by atomic mass is 10.1. The molecule has 0 spiro atoms. The molecular formula is C16H20ClN5O. The van der Waals surface area contributed by atoms with Gasteiger partial charge in [-0.2, -0.15) is 4.98 Å². The van der Waals surface area contributed by atoms with Crippen molar-refractivity contribution in [2.45, 2.75) is 32.2 Å². The maximum absolute atomic E-state index is 6.23. The first kappa shape index (κ1) is 16.0. The Morgan fingerprint density at radius 2 is 2.13 bits per heavy atom. The topological polar surface area (TPSA) is 72.0 Å². The van der Waals surface area contributed by atoms with Gasteiger partial charge in [0.1, 0.15) is 5.02 Å². The van der Waals surface area contributed by atoms with Gasteiger partial charge in [-0.3, -0.25) is 4.98 Å². The molecule has 0 amide bonds. The molecule has 0 unspecified atom stereocenters. The standard InChI is InChI=1S/C16H20ClN5O/c1-2-11-9-18-6-3-14(11)21-15-13(17)10-19-16(22-15)20-12-4-7-23-8-5-12/h3,6,9-10,12H,2,4-5,7-8H2,1H3,(H2,18,19,20,21,22). The van der Waals surface area contributed by atoms with Crippen LogP contribution in [0.3, 0.4) is 0 Å². The van der Waals surface area contributed by atoms with Crippen LogP contribution < -0.4 is 10.6 Å². The summed E-state index contributed by atoms with van der Waals surface area (Å²) in [7, 11) is 0. The highest BCUT2D eigenvalue weighted by Crippen LogP contribution is 2.26. The van der Waals surface area contributed by atoms with Gasteiger partial charge in [0.15, 0.2) is 5.82 Å². The predicted octanol–water partition coefficient (Wildman–Crippen LogP) is 3.42. The summed E-state index contributed by atoms with van der Waals surface area (Å²) < 4.78 is 5.36. The van der Waals surface area contributed by atoms with Crippen molar-refractivity contribution in [1.29, 1.82) is 0 Å². The highest BCUT2D eigenvalue weighted by molar-refractivity contribution is 6.32. The van der Waals surface area contributed by atoms with Gasteiger partial charge in [0.05, 0.1) is 6.20 Å². The number of aromatic nitrogens is 3. The molecule has 2 aromatic heterocycles. The van der Waals surface area contributed by atoms with Gasteiger partial charge in [0, 0.05) is 37.3 Å². The van der Waals surface area contributed by atoms with E-state index in [0.29, 0.717) is 22.8 Å². The fourth-order valence-corrected chi connectivity index (χ4v) is 2.65. The second kappa shape index (κ2) is 7.57. The van der Waals surface area contributed by atoms with Gasteiger partial charge in [-0.25, -0.2) is 4.98 Å². The Kier molecular flexibility index (Phi) is 5.25. The van der Waals surface area contributed by atoms with Crippen LogP contribution in [0.25, 0.3) is 0 Å². The normalized spacial score (nSPS) is 15.4. The highest BCUT2D eigenvalue weighted by atomic mass is 35.5. The van der Waals surface area contributed by atoms with Crippen LogP contribution in [0, 0.1) is 0 Å². The molecule has 3 heterocycles. The van der Waals surface area contributed by atoms with E-state index in [9.17, 15) is 0 Å². The molecule has 3 rings (SSSR count). The average Bonchev–Trinajstić information content (AvgIpc) is 2.59. The van der Waals surface area contributed by atoms with Gasteiger partial charge >= 0.3 is 0 Å². The summed E-state index contributed by atoms with van der Waals surface area (Å²) in [5.41, 5.74) is 2.07. The fourth-order valence-electron chi connectivity index (χ4n) is 2.51. The quantitative estimate of drug-likeness (QED) is 0.873. The van der Waals surface area contributed by atoms with Crippen LogP contribution in [-0.4, -0.2) is 34.2 Å². The Morgan fingerprint density at radius 3 is 2.91 bits per heavy atom. The molecule has 0 aliphatic carbocycles. The molecule has 23 heavy (non-hydrogen) atoms. The molecule has 7 heteroatoms. The number of anilines is 3. The van der Waals surface area contributed by atoms with E-state index < -0.39 is 0 Å². The minimum atomic E-state index is 0.338. The number of aryl methyl sites for hydroxylation is 1. The summed E-state index contributed by atoms with van der Waals surface area (Å²) >= 11 is 6.23. The van der Waals surface area contributed by atoms with Crippen LogP contribution in [0.2, 0.25) is 5.02 Å². The van der Waals surface area contributed by atoms with Crippen molar-refractivity contribution in [3.63, 3.8) is 0 Å². The molecule has 6 nitrogen and oxygen atoms in total. The lowest BCUT2D eigenvalue weighted by molar-refractivity contribution is 0.0903. The van der Waals surface area contributed by atoms with E-state index in [2.05, 4.69) is 32.5 Å². The second-order valence-electron chi connectivity index (χ2n) is 5.43. The van der Waals surface area contributed by atoms with Crippen LogP contribution in [-0.2, 0) is 11.2 Å². The van der Waals surface area contributed by atoms with E-state index in [1.165, 1.54) is 0 Å². The molecule has 0 atom stereocenters. The SMILES string of the molecule is CCc1cnccc1Nc1nc(NC2CCOCC2)ncc1Cl. The molecule has 0 radical (unpaired) electrons. The Labute approximate surface area is 140 Å². The molecule has 0 saturated carbocycles. The first-order valence-corrected chi connectivity index (χ1v) is 8.20. The van der Waals surface area contributed by atoms with E-state index in [-0.39, 0.29) is 0 Å². The van der Waals surface area contributed by atoms with Crippen molar-refractivity contribution in [3.05, 3.63) is 35.2 Å². The molecule has 1 saturated heterocycles. The summed E-state index contributed by atoms with van der Waals surface area (Å²) in [5.74, 6) is 1.17. The van der Waals surface area contributed by atoms with Crippen molar-refractivity contribution in [2.24, 2.45) is 0 Å². The van der Waals surface area contributed by atoms with Crippen LogP contribution in [0.15, 0.2) is 24.7 Å². The van der Waals surface area contributed by atoms with Gasteiger partial charge < -0.3 is 15.4 Å². The number of halogens is 1. The van der Waals surface area contributed by atoms with Crippen molar-refractivity contribution >= 4 is 29.1 Å². The third-order valence-electron chi connectivity index (χ3n) is 3.84. The van der Waals surface area contributed by atoms with E-state index in [0.717, 1.165) is 43.7 Å². The molecule has 1 aliphatic heterocycles. The van der Waals surface area contributed by atoms with E-state index >= 15 is 0 Å². The summed E-state index contributed by atoms with van der Waals surface area (Å²) in [6.07, 6.45) is 8.01. The van der Waals surface area contributed by atoms with Gasteiger partial charge in [0.25, 0.3) is 0 Å². The number of rotatable bonds is 5. The van der Waals surface area contributed by atoms with Crippen LogP contribution >= 0.6 is 11.6 Å². The first-order valence-electron chi connectivity index (χ1n) is 7.83.